The number of hydrogen-bond acceptors (Lipinski definition) is 2. The number of hydrogen-bond donors (Lipinski definition) is 1. The Hall–Kier alpha value is -1.35. The van der Waals surface area contributed by atoms with Gasteiger partial charge in [-0.2, -0.15) is 0 Å². The molecule has 1 aliphatic rings. The second-order valence-corrected chi connectivity index (χ2v) is 4.61. The van der Waals surface area contributed by atoms with E-state index in [1.54, 1.807) is 12.1 Å². The van der Waals surface area contributed by atoms with Crippen LogP contribution in [0.4, 0.5) is 0 Å². The first-order valence-electron chi connectivity index (χ1n) is 4.97. The second-order valence-electron chi connectivity index (χ2n) is 4.21. The molecule has 3 nitrogen and oxygen atoms in total. The first-order chi connectivity index (χ1) is 7.52. The topological polar surface area (TPSA) is 54.4 Å². The molecule has 1 fully saturated rings. The van der Waals surface area contributed by atoms with Crippen molar-refractivity contribution in [1.29, 1.82) is 0 Å². The summed E-state index contributed by atoms with van der Waals surface area (Å²) in [5.41, 5.74) is 0.425. The average molecular weight is 239 g/mol. The van der Waals surface area contributed by atoms with E-state index >= 15 is 0 Å². The van der Waals surface area contributed by atoms with E-state index < -0.39 is 17.3 Å². The van der Waals surface area contributed by atoms with E-state index in [0.717, 1.165) is 5.56 Å². The number of halogens is 1. The number of aldehydes is 1. The van der Waals surface area contributed by atoms with Gasteiger partial charge in [0.25, 0.3) is 0 Å². The summed E-state index contributed by atoms with van der Waals surface area (Å²) < 4.78 is 0. The minimum Gasteiger partial charge on any atom is -0.481 e. The molecule has 1 saturated carbocycles. The SMILES string of the molecule is Cc1ccc(C2(C(=O)O)CC2C=O)c(Cl)c1. The summed E-state index contributed by atoms with van der Waals surface area (Å²) in [6.07, 6.45) is 1.04. The summed E-state index contributed by atoms with van der Waals surface area (Å²) in [4.78, 5) is 22.0. The molecular weight excluding hydrogens is 228 g/mol. The van der Waals surface area contributed by atoms with Gasteiger partial charge in [0, 0.05) is 10.9 Å². The minimum absolute atomic E-state index is 0.342. The van der Waals surface area contributed by atoms with Crippen LogP contribution in [0.5, 0.6) is 0 Å². The summed E-state index contributed by atoms with van der Waals surface area (Å²) in [5, 5.41) is 9.66. The lowest BCUT2D eigenvalue weighted by molar-refractivity contribution is -0.141. The summed E-state index contributed by atoms with van der Waals surface area (Å²) >= 11 is 6.04. The number of aliphatic carboxylic acids is 1. The van der Waals surface area contributed by atoms with Crippen molar-refractivity contribution in [3.63, 3.8) is 0 Å². The predicted octanol–water partition coefficient (Wildman–Crippen LogP) is 2.19. The lowest BCUT2D eigenvalue weighted by Crippen LogP contribution is -2.23. The molecule has 1 aromatic rings. The highest BCUT2D eigenvalue weighted by Gasteiger charge is 2.62. The maximum absolute atomic E-state index is 11.3. The smallest absolute Gasteiger partial charge is 0.314 e. The number of rotatable bonds is 3. The van der Waals surface area contributed by atoms with Crippen LogP contribution >= 0.6 is 11.6 Å². The van der Waals surface area contributed by atoms with Gasteiger partial charge in [0.15, 0.2) is 0 Å². The van der Waals surface area contributed by atoms with Crippen molar-refractivity contribution < 1.29 is 14.7 Å². The summed E-state index contributed by atoms with van der Waals surface area (Å²) in [5.74, 6) is -1.43. The number of carbonyl (C=O) groups is 2. The highest BCUT2D eigenvalue weighted by molar-refractivity contribution is 6.32. The molecule has 0 amide bonds. The van der Waals surface area contributed by atoms with Gasteiger partial charge in [0.05, 0.1) is 0 Å². The van der Waals surface area contributed by atoms with Gasteiger partial charge in [-0.1, -0.05) is 23.7 Å². The zero-order valence-electron chi connectivity index (χ0n) is 8.74. The maximum Gasteiger partial charge on any atom is 0.314 e. The van der Waals surface area contributed by atoms with Gasteiger partial charge in [0.2, 0.25) is 0 Å². The van der Waals surface area contributed by atoms with Crippen molar-refractivity contribution in [2.45, 2.75) is 18.8 Å². The van der Waals surface area contributed by atoms with E-state index in [9.17, 15) is 14.7 Å². The lowest BCUT2D eigenvalue weighted by Gasteiger charge is -2.13. The van der Waals surface area contributed by atoms with Crippen LogP contribution in [0.1, 0.15) is 17.5 Å². The molecule has 4 heteroatoms. The average Bonchev–Trinajstić information content (AvgIpc) is 2.93. The van der Waals surface area contributed by atoms with Gasteiger partial charge in [-0.15, -0.1) is 0 Å². The molecule has 0 saturated heterocycles. The van der Waals surface area contributed by atoms with Crippen molar-refractivity contribution in [1.82, 2.24) is 0 Å². The van der Waals surface area contributed by atoms with Gasteiger partial charge in [-0.05, 0) is 30.5 Å². The van der Waals surface area contributed by atoms with Crippen LogP contribution in [-0.2, 0) is 15.0 Å². The summed E-state index contributed by atoms with van der Waals surface area (Å²) in [6, 6.07) is 5.24. The van der Waals surface area contributed by atoms with Crippen LogP contribution in [0.15, 0.2) is 18.2 Å². The Bertz CT molecular complexity index is 469. The Morgan fingerprint density at radius 1 is 1.62 bits per heavy atom. The van der Waals surface area contributed by atoms with E-state index in [1.807, 2.05) is 13.0 Å². The highest BCUT2D eigenvalue weighted by atomic mass is 35.5. The quantitative estimate of drug-likeness (QED) is 0.822. The Morgan fingerprint density at radius 3 is 2.75 bits per heavy atom. The third-order valence-electron chi connectivity index (χ3n) is 3.17. The van der Waals surface area contributed by atoms with Crippen molar-refractivity contribution in [3.05, 3.63) is 34.3 Å². The Kier molecular flexibility index (Phi) is 2.50. The maximum atomic E-state index is 11.3. The molecule has 0 radical (unpaired) electrons. The number of benzene rings is 1. The minimum atomic E-state index is -1.09. The molecule has 0 aliphatic heterocycles. The first kappa shape index (κ1) is 11.1. The van der Waals surface area contributed by atoms with Crippen molar-refractivity contribution in [2.75, 3.05) is 0 Å². The predicted molar refractivity (Wildman–Crippen MR) is 59.7 cm³/mol. The molecule has 0 aromatic heterocycles. The summed E-state index contributed by atoms with van der Waals surface area (Å²) in [6.45, 7) is 1.88. The third-order valence-corrected chi connectivity index (χ3v) is 3.48. The highest BCUT2D eigenvalue weighted by Crippen LogP contribution is 2.55. The molecule has 1 N–H and O–H groups in total. The van der Waals surface area contributed by atoms with Crippen LogP contribution < -0.4 is 0 Å². The van der Waals surface area contributed by atoms with E-state index in [-0.39, 0.29) is 0 Å². The molecule has 84 valence electrons. The molecule has 0 heterocycles. The van der Waals surface area contributed by atoms with Gasteiger partial charge in [-0.3, -0.25) is 4.79 Å². The zero-order chi connectivity index (χ0) is 11.9. The van der Waals surface area contributed by atoms with E-state index in [4.69, 9.17) is 11.6 Å². The fourth-order valence-corrected chi connectivity index (χ4v) is 2.51. The van der Waals surface area contributed by atoms with E-state index in [1.165, 1.54) is 0 Å². The van der Waals surface area contributed by atoms with Gasteiger partial charge >= 0.3 is 5.97 Å². The molecule has 0 spiro atoms. The third kappa shape index (κ3) is 1.43. The Balaban J connectivity index is 2.50. The molecular formula is C12H11ClO3. The molecule has 2 unspecified atom stereocenters. The summed E-state index contributed by atoms with van der Waals surface area (Å²) in [7, 11) is 0. The van der Waals surface area contributed by atoms with Crippen LogP contribution in [0, 0.1) is 12.8 Å². The van der Waals surface area contributed by atoms with Crippen molar-refractivity contribution in [2.24, 2.45) is 5.92 Å². The van der Waals surface area contributed by atoms with Crippen LogP contribution in [0.2, 0.25) is 5.02 Å². The normalized spacial score (nSPS) is 27.5. The molecule has 1 aliphatic carbocycles. The second kappa shape index (κ2) is 3.59. The molecule has 2 rings (SSSR count). The van der Waals surface area contributed by atoms with Crippen LogP contribution in [-0.4, -0.2) is 17.4 Å². The largest absolute Gasteiger partial charge is 0.481 e. The number of carbonyl (C=O) groups excluding carboxylic acids is 1. The first-order valence-corrected chi connectivity index (χ1v) is 5.35. The standard InChI is InChI=1S/C12H11ClO3/c1-7-2-3-9(10(13)4-7)12(11(15)16)5-8(12)6-14/h2-4,6,8H,5H2,1H3,(H,15,16). The fraction of sp³-hybridized carbons (Fsp3) is 0.333. The Morgan fingerprint density at radius 2 is 2.31 bits per heavy atom. The number of carboxylic acid groups (broad SMARTS) is 1. The monoisotopic (exact) mass is 238 g/mol. The van der Waals surface area contributed by atoms with Gasteiger partial charge in [0.1, 0.15) is 11.7 Å². The van der Waals surface area contributed by atoms with Gasteiger partial charge in [-0.25, -0.2) is 0 Å². The Labute approximate surface area is 98.0 Å². The van der Waals surface area contributed by atoms with Gasteiger partial charge < -0.3 is 9.90 Å². The van der Waals surface area contributed by atoms with E-state index in [2.05, 4.69) is 0 Å². The molecule has 2 atom stereocenters. The van der Waals surface area contributed by atoms with Crippen molar-refractivity contribution >= 4 is 23.9 Å². The lowest BCUT2D eigenvalue weighted by atomic mass is 9.93. The van der Waals surface area contributed by atoms with Crippen molar-refractivity contribution in [3.8, 4) is 0 Å². The molecule has 0 bridgehead atoms. The van der Waals surface area contributed by atoms with Crippen LogP contribution in [0.3, 0.4) is 0 Å². The number of aryl methyl sites for hydroxylation is 1. The molecule has 16 heavy (non-hydrogen) atoms. The van der Waals surface area contributed by atoms with Crippen LogP contribution in [0.25, 0.3) is 0 Å². The van der Waals surface area contributed by atoms with E-state index in [0.29, 0.717) is 23.3 Å². The fourth-order valence-electron chi connectivity index (χ4n) is 2.10. The zero-order valence-corrected chi connectivity index (χ0v) is 9.49. The molecule has 1 aromatic carbocycles. The number of carboxylic acids is 1.